The second-order valence-corrected chi connectivity index (χ2v) is 3.57. The summed E-state index contributed by atoms with van der Waals surface area (Å²) in [5.41, 5.74) is -1.27. The maximum Gasteiger partial charge on any atom is 0.435 e. The van der Waals surface area contributed by atoms with Crippen LogP contribution >= 0.6 is 0 Å². The molecule has 104 valence electrons. The van der Waals surface area contributed by atoms with Crippen LogP contribution in [0.1, 0.15) is 16.1 Å². The fourth-order valence-electron chi connectivity index (χ4n) is 1.24. The van der Waals surface area contributed by atoms with E-state index in [0.29, 0.717) is 6.07 Å². The van der Waals surface area contributed by atoms with E-state index in [9.17, 15) is 18.0 Å². The van der Waals surface area contributed by atoms with Gasteiger partial charge in [0.15, 0.2) is 5.69 Å². The van der Waals surface area contributed by atoms with E-state index < -0.39 is 17.8 Å². The predicted molar refractivity (Wildman–Crippen MR) is 58.3 cm³/mol. The van der Waals surface area contributed by atoms with Gasteiger partial charge in [-0.25, -0.2) is 4.79 Å². The molecule has 0 aliphatic heterocycles. The van der Waals surface area contributed by atoms with Crippen molar-refractivity contribution in [3.05, 3.63) is 41.9 Å². The van der Waals surface area contributed by atoms with Crippen LogP contribution in [0.5, 0.6) is 11.6 Å². The molecule has 20 heavy (non-hydrogen) atoms. The van der Waals surface area contributed by atoms with Crippen molar-refractivity contribution in [2.75, 3.05) is 0 Å². The average Bonchev–Trinajstić information content (AvgIpc) is 2.38. The Morgan fingerprint density at radius 3 is 2.50 bits per heavy atom. The Morgan fingerprint density at radius 2 is 1.95 bits per heavy atom. The number of rotatable bonds is 3. The van der Waals surface area contributed by atoms with Crippen molar-refractivity contribution >= 4 is 5.97 Å². The van der Waals surface area contributed by atoms with Crippen molar-refractivity contribution in [2.45, 2.75) is 6.18 Å². The zero-order valence-electron chi connectivity index (χ0n) is 9.63. The summed E-state index contributed by atoms with van der Waals surface area (Å²) in [5.74, 6) is -1.39. The summed E-state index contributed by atoms with van der Waals surface area (Å²) in [6.45, 7) is 0. The lowest BCUT2D eigenvalue weighted by Gasteiger charge is -2.06. The Balaban J connectivity index is 2.18. The molecule has 0 radical (unpaired) electrons. The van der Waals surface area contributed by atoms with Crippen molar-refractivity contribution < 1.29 is 27.8 Å². The van der Waals surface area contributed by atoms with Crippen molar-refractivity contribution in [3.8, 4) is 11.6 Å². The fraction of sp³-hybridized carbons (Fsp3) is 0.0909. The molecule has 0 unspecified atom stereocenters. The molecule has 0 bridgehead atoms. The van der Waals surface area contributed by atoms with Crippen molar-refractivity contribution in [1.29, 1.82) is 0 Å². The molecule has 2 heterocycles. The summed E-state index contributed by atoms with van der Waals surface area (Å²) in [6, 6.07) is 2.84. The summed E-state index contributed by atoms with van der Waals surface area (Å²) in [6.07, 6.45) is -2.28. The first-order valence-corrected chi connectivity index (χ1v) is 5.13. The lowest BCUT2D eigenvalue weighted by molar-refractivity contribution is -0.141. The predicted octanol–water partition coefficient (Wildman–Crippen LogP) is 2.38. The van der Waals surface area contributed by atoms with Gasteiger partial charge in [-0.05, 0) is 12.1 Å². The van der Waals surface area contributed by atoms with Gasteiger partial charge in [0, 0.05) is 12.3 Å². The Morgan fingerprint density at radius 1 is 1.20 bits per heavy atom. The van der Waals surface area contributed by atoms with Gasteiger partial charge < -0.3 is 9.84 Å². The first-order valence-electron chi connectivity index (χ1n) is 5.13. The standard InChI is InChI=1S/C11H6F3N3O3/c12-11(13,14)8-1-2-9(17-16-8)20-7-3-6(10(18)19)4-15-5-7/h1-5H,(H,18,19). The number of alkyl halides is 3. The number of nitrogens with zero attached hydrogens (tertiary/aromatic N) is 3. The number of hydrogen-bond acceptors (Lipinski definition) is 5. The lowest BCUT2D eigenvalue weighted by Crippen LogP contribution is -2.08. The van der Waals surface area contributed by atoms with E-state index in [-0.39, 0.29) is 17.2 Å². The third-order valence-electron chi connectivity index (χ3n) is 2.11. The molecule has 0 atom stereocenters. The van der Waals surface area contributed by atoms with Crippen LogP contribution in [0.2, 0.25) is 0 Å². The van der Waals surface area contributed by atoms with Gasteiger partial charge in [-0.2, -0.15) is 13.2 Å². The quantitative estimate of drug-likeness (QED) is 0.931. The van der Waals surface area contributed by atoms with Crippen molar-refractivity contribution in [2.24, 2.45) is 0 Å². The summed E-state index contributed by atoms with van der Waals surface area (Å²) >= 11 is 0. The number of hydrogen-bond donors (Lipinski definition) is 1. The van der Waals surface area contributed by atoms with E-state index in [1.165, 1.54) is 6.20 Å². The number of carboxylic acid groups (broad SMARTS) is 1. The fourth-order valence-corrected chi connectivity index (χ4v) is 1.24. The van der Waals surface area contributed by atoms with Gasteiger partial charge in [0.05, 0.1) is 11.8 Å². The second-order valence-electron chi connectivity index (χ2n) is 3.57. The summed E-state index contributed by atoms with van der Waals surface area (Å²) in [5, 5.41) is 15.0. The van der Waals surface area contributed by atoms with Crippen LogP contribution in [0.3, 0.4) is 0 Å². The molecular weight excluding hydrogens is 279 g/mol. The molecule has 2 aromatic heterocycles. The molecule has 0 saturated carbocycles. The maximum absolute atomic E-state index is 12.3. The van der Waals surface area contributed by atoms with Crippen LogP contribution in [-0.2, 0) is 6.18 Å². The third-order valence-corrected chi connectivity index (χ3v) is 2.11. The minimum atomic E-state index is -4.59. The number of halogens is 3. The zero-order valence-corrected chi connectivity index (χ0v) is 9.63. The first kappa shape index (κ1) is 13.7. The van der Waals surface area contributed by atoms with Crippen molar-refractivity contribution in [3.63, 3.8) is 0 Å². The van der Waals surface area contributed by atoms with E-state index in [2.05, 4.69) is 15.2 Å². The normalized spacial score (nSPS) is 11.2. The summed E-state index contributed by atoms with van der Waals surface area (Å²) in [7, 11) is 0. The summed E-state index contributed by atoms with van der Waals surface area (Å²) < 4.78 is 41.9. The molecule has 2 rings (SSSR count). The lowest BCUT2D eigenvalue weighted by atomic mass is 10.3. The molecule has 0 amide bonds. The molecule has 0 aliphatic rings. The van der Waals surface area contributed by atoms with Crippen LogP contribution in [-0.4, -0.2) is 26.3 Å². The highest BCUT2D eigenvalue weighted by molar-refractivity contribution is 5.87. The molecule has 0 fully saturated rings. The van der Waals surface area contributed by atoms with Crippen LogP contribution in [0, 0.1) is 0 Å². The molecule has 0 aliphatic carbocycles. The second kappa shape index (κ2) is 5.11. The van der Waals surface area contributed by atoms with Crippen LogP contribution in [0.15, 0.2) is 30.6 Å². The number of carboxylic acids is 1. The molecular formula is C11H6F3N3O3. The molecule has 6 nitrogen and oxygen atoms in total. The Bertz CT molecular complexity index is 629. The largest absolute Gasteiger partial charge is 0.478 e. The van der Waals surface area contributed by atoms with E-state index in [4.69, 9.17) is 9.84 Å². The number of aromatic nitrogens is 3. The topological polar surface area (TPSA) is 85.2 Å². The van der Waals surface area contributed by atoms with E-state index in [1.54, 1.807) is 0 Å². The summed E-state index contributed by atoms with van der Waals surface area (Å²) in [4.78, 5) is 14.3. The van der Waals surface area contributed by atoms with Gasteiger partial charge in [0.1, 0.15) is 5.75 Å². The first-order chi connectivity index (χ1) is 9.36. The van der Waals surface area contributed by atoms with Gasteiger partial charge in [0.25, 0.3) is 0 Å². The Labute approximate surface area is 109 Å². The van der Waals surface area contributed by atoms with Gasteiger partial charge in [0.2, 0.25) is 5.88 Å². The average molecular weight is 285 g/mol. The molecule has 9 heteroatoms. The van der Waals surface area contributed by atoms with Gasteiger partial charge in [-0.15, -0.1) is 10.2 Å². The number of ether oxygens (including phenoxy) is 1. The third kappa shape index (κ3) is 3.19. The number of pyridine rings is 1. The Kier molecular flexibility index (Phi) is 3.51. The highest BCUT2D eigenvalue weighted by Gasteiger charge is 2.32. The van der Waals surface area contributed by atoms with E-state index >= 15 is 0 Å². The molecule has 2 aromatic rings. The smallest absolute Gasteiger partial charge is 0.435 e. The minimum absolute atomic E-state index is 0.0268. The monoisotopic (exact) mass is 285 g/mol. The maximum atomic E-state index is 12.3. The SMILES string of the molecule is O=C(O)c1cncc(Oc2ccc(C(F)(F)F)nn2)c1. The number of aromatic carboxylic acids is 1. The van der Waals surface area contributed by atoms with E-state index in [1.807, 2.05) is 0 Å². The number of carbonyl (C=O) groups is 1. The molecule has 0 spiro atoms. The van der Waals surface area contributed by atoms with Crippen LogP contribution < -0.4 is 4.74 Å². The zero-order chi connectivity index (χ0) is 14.8. The minimum Gasteiger partial charge on any atom is -0.478 e. The Hall–Kier alpha value is -2.71. The highest BCUT2D eigenvalue weighted by atomic mass is 19.4. The molecule has 1 N–H and O–H groups in total. The van der Waals surface area contributed by atoms with Gasteiger partial charge in [-0.3, -0.25) is 4.98 Å². The van der Waals surface area contributed by atoms with Gasteiger partial charge in [-0.1, -0.05) is 0 Å². The van der Waals surface area contributed by atoms with Crippen LogP contribution in [0.25, 0.3) is 0 Å². The van der Waals surface area contributed by atoms with Crippen LogP contribution in [0.4, 0.5) is 13.2 Å². The molecule has 0 saturated heterocycles. The van der Waals surface area contributed by atoms with E-state index in [0.717, 1.165) is 18.3 Å². The molecule has 0 aromatic carbocycles. The van der Waals surface area contributed by atoms with Gasteiger partial charge >= 0.3 is 12.1 Å². The highest BCUT2D eigenvalue weighted by Crippen LogP contribution is 2.28. The van der Waals surface area contributed by atoms with Crippen molar-refractivity contribution in [1.82, 2.24) is 15.2 Å².